The van der Waals surface area contributed by atoms with Gasteiger partial charge in [0.05, 0.1) is 11.3 Å². The van der Waals surface area contributed by atoms with Gasteiger partial charge in [-0.15, -0.1) is 11.3 Å². The highest BCUT2D eigenvalue weighted by atomic mass is 32.1. The van der Waals surface area contributed by atoms with E-state index < -0.39 is 11.7 Å². The molecule has 3 aromatic rings. The number of thiazole rings is 1. The zero-order valence-electron chi connectivity index (χ0n) is 14.1. The lowest BCUT2D eigenvalue weighted by molar-refractivity contribution is 0.102. The van der Waals surface area contributed by atoms with Crippen LogP contribution in [-0.2, 0) is 6.42 Å². The van der Waals surface area contributed by atoms with Gasteiger partial charge in [-0.2, -0.15) is 0 Å². The molecule has 0 atom stereocenters. The molecule has 0 saturated carbocycles. The highest BCUT2D eigenvalue weighted by molar-refractivity contribution is 7.14. The molecule has 0 aliphatic rings. The van der Waals surface area contributed by atoms with Gasteiger partial charge in [0.1, 0.15) is 5.82 Å². The van der Waals surface area contributed by atoms with Gasteiger partial charge in [0.25, 0.3) is 5.91 Å². The van der Waals surface area contributed by atoms with Gasteiger partial charge in [0.15, 0.2) is 5.13 Å². The van der Waals surface area contributed by atoms with Gasteiger partial charge < -0.3 is 0 Å². The Hall–Kier alpha value is -2.53. The van der Waals surface area contributed by atoms with Crippen molar-refractivity contribution >= 4 is 22.4 Å². The van der Waals surface area contributed by atoms with Crippen molar-refractivity contribution in [1.29, 1.82) is 0 Å². The summed E-state index contributed by atoms with van der Waals surface area (Å²) < 4.78 is 13.7. The number of carbonyl (C=O) groups is 1. The van der Waals surface area contributed by atoms with Crippen LogP contribution in [0, 0.1) is 11.7 Å². The summed E-state index contributed by atoms with van der Waals surface area (Å²) in [6.45, 7) is 4.39. The molecule has 128 valence electrons. The van der Waals surface area contributed by atoms with Crippen molar-refractivity contribution in [3.8, 4) is 11.3 Å². The van der Waals surface area contributed by atoms with Crippen LogP contribution in [0.2, 0.25) is 0 Å². The van der Waals surface area contributed by atoms with E-state index in [4.69, 9.17) is 0 Å². The van der Waals surface area contributed by atoms with Crippen LogP contribution in [0.5, 0.6) is 0 Å². The van der Waals surface area contributed by atoms with E-state index in [-0.39, 0.29) is 5.56 Å². The van der Waals surface area contributed by atoms with E-state index in [2.05, 4.69) is 36.3 Å². The fraction of sp³-hybridized carbons (Fsp3) is 0.200. The van der Waals surface area contributed by atoms with Gasteiger partial charge in [-0.1, -0.05) is 50.2 Å². The molecule has 0 aliphatic heterocycles. The second-order valence-corrected chi connectivity index (χ2v) is 7.12. The standard InChI is InChI=1S/C20H19FN2OS/c1-13(2)11-14-7-9-15(10-8-14)18-12-25-20(22-18)23-19(24)16-5-3-4-6-17(16)21/h3-10,12-13H,11H2,1-2H3,(H,22,23,24). The average molecular weight is 354 g/mol. The van der Waals surface area contributed by atoms with E-state index in [1.165, 1.54) is 29.0 Å². The maximum absolute atomic E-state index is 13.7. The first-order chi connectivity index (χ1) is 12.0. The van der Waals surface area contributed by atoms with Crippen LogP contribution in [0.1, 0.15) is 29.8 Å². The first kappa shape index (κ1) is 17.3. The summed E-state index contributed by atoms with van der Waals surface area (Å²) in [6.07, 6.45) is 1.04. The molecule has 25 heavy (non-hydrogen) atoms. The summed E-state index contributed by atoms with van der Waals surface area (Å²) in [6, 6.07) is 14.2. The molecule has 0 fully saturated rings. The number of anilines is 1. The lowest BCUT2D eigenvalue weighted by Crippen LogP contribution is -2.13. The molecule has 5 heteroatoms. The number of halogens is 1. The molecule has 1 amide bonds. The van der Waals surface area contributed by atoms with E-state index in [1.54, 1.807) is 12.1 Å². The summed E-state index contributed by atoms with van der Waals surface area (Å²) >= 11 is 1.32. The highest BCUT2D eigenvalue weighted by Crippen LogP contribution is 2.26. The zero-order chi connectivity index (χ0) is 17.8. The van der Waals surface area contributed by atoms with E-state index in [9.17, 15) is 9.18 Å². The van der Waals surface area contributed by atoms with Crippen LogP contribution >= 0.6 is 11.3 Å². The van der Waals surface area contributed by atoms with Crippen molar-refractivity contribution in [2.24, 2.45) is 5.92 Å². The summed E-state index contributed by atoms with van der Waals surface area (Å²) in [5, 5.41) is 4.99. The number of aromatic nitrogens is 1. The molecule has 0 bridgehead atoms. The molecule has 0 spiro atoms. The number of rotatable bonds is 5. The number of hydrogen-bond donors (Lipinski definition) is 1. The first-order valence-electron chi connectivity index (χ1n) is 8.13. The molecule has 2 aromatic carbocycles. The van der Waals surface area contributed by atoms with Crippen LogP contribution < -0.4 is 5.32 Å². The fourth-order valence-corrected chi connectivity index (χ4v) is 3.27. The van der Waals surface area contributed by atoms with Crippen molar-refractivity contribution in [2.75, 3.05) is 5.32 Å². The predicted octanol–water partition coefficient (Wildman–Crippen LogP) is 5.40. The van der Waals surface area contributed by atoms with Crippen LogP contribution in [0.3, 0.4) is 0 Å². The van der Waals surface area contributed by atoms with E-state index in [0.717, 1.165) is 17.7 Å². The second-order valence-electron chi connectivity index (χ2n) is 6.27. The largest absolute Gasteiger partial charge is 0.298 e. The molecule has 1 heterocycles. The zero-order valence-corrected chi connectivity index (χ0v) is 14.9. The average Bonchev–Trinajstić information content (AvgIpc) is 3.04. The van der Waals surface area contributed by atoms with Gasteiger partial charge in [-0.3, -0.25) is 10.1 Å². The third-order valence-electron chi connectivity index (χ3n) is 3.74. The van der Waals surface area contributed by atoms with Crippen LogP contribution in [0.4, 0.5) is 9.52 Å². The van der Waals surface area contributed by atoms with Gasteiger partial charge >= 0.3 is 0 Å². The molecule has 3 rings (SSSR count). The third-order valence-corrected chi connectivity index (χ3v) is 4.49. The minimum Gasteiger partial charge on any atom is -0.298 e. The van der Waals surface area contributed by atoms with Crippen molar-refractivity contribution in [3.05, 3.63) is 70.9 Å². The van der Waals surface area contributed by atoms with Crippen molar-refractivity contribution in [3.63, 3.8) is 0 Å². The number of benzene rings is 2. The van der Waals surface area contributed by atoms with Crippen molar-refractivity contribution in [2.45, 2.75) is 20.3 Å². The third kappa shape index (κ3) is 4.31. The lowest BCUT2D eigenvalue weighted by Gasteiger charge is -2.05. The quantitative estimate of drug-likeness (QED) is 0.666. The molecular weight excluding hydrogens is 335 g/mol. The van der Waals surface area contributed by atoms with E-state index in [1.807, 2.05) is 17.5 Å². The Kier molecular flexibility index (Phi) is 5.24. The number of carbonyl (C=O) groups excluding carboxylic acids is 1. The topological polar surface area (TPSA) is 42.0 Å². The van der Waals surface area contributed by atoms with Gasteiger partial charge in [-0.25, -0.2) is 9.37 Å². The highest BCUT2D eigenvalue weighted by Gasteiger charge is 2.13. The summed E-state index contributed by atoms with van der Waals surface area (Å²) in [5.41, 5.74) is 3.10. The lowest BCUT2D eigenvalue weighted by atomic mass is 10.0. The van der Waals surface area contributed by atoms with Crippen LogP contribution in [-0.4, -0.2) is 10.9 Å². The molecule has 0 aliphatic carbocycles. The van der Waals surface area contributed by atoms with Gasteiger partial charge in [0, 0.05) is 10.9 Å². The summed E-state index contributed by atoms with van der Waals surface area (Å²) in [7, 11) is 0. The number of hydrogen-bond acceptors (Lipinski definition) is 3. The number of nitrogens with zero attached hydrogens (tertiary/aromatic N) is 1. The number of nitrogens with one attached hydrogen (secondary N) is 1. The number of amides is 1. The Bertz CT molecular complexity index is 871. The van der Waals surface area contributed by atoms with Crippen molar-refractivity contribution < 1.29 is 9.18 Å². The molecule has 0 saturated heterocycles. The molecule has 0 unspecified atom stereocenters. The summed E-state index contributed by atoms with van der Waals surface area (Å²) in [5.74, 6) is -0.422. The molecule has 0 radical (unpaired) electrons. The maximum Gasteiger partial charge on any atom is 0.260 e. The molecule has 1 N–H and O–H groups in total. The Labute approximate surface area is 150 Å². The first-order valence-corrected chi connectivity index (χ1v) is 9.01. The molecular formula is C20H19FN2OS. The fourth-order valence-electron chi connectivity index (χ4n) is 2.56. The maximum atomic E-state index is 13.7. The van der Waals surface area contributed by atoms with E-state index >= 15 is 0 Å². The van der Waals surface area contributed by atoms with Crippen LogP contribution in [0.25, 0.3) is 11.3 Å². The Morgan fingerprint density at radius 3 is 2.56 bits per heavy atom. The minimum absolute atomic E-state index is 0.0114. The van der Waals surface area contributed by atoms with E-state index in [0.29, 0.717) is 11.0 Å². The predicted molar refractivity (Wildman–Crippen MR) is 100 cm³/mol. The molecule has 3 nitrogen and oxygen atoms in total. The smallest absolute Gasteiger partial charge is 0.260 e. The van der Waals surface area contributed by atoms with Crippen LogP contribution in [0.15, 0.2) is 53.9 Å². The van der Waals surface area contributed by atoms with Crippen molar-refractivity contribution in [1.82, 2.24) is 4.98 Å². The SMILES string of the molecule is CC(C)Cc1ccc(-c2csc(NC(=O)c3ccccc3F)n2)cc1. The molecule has 1 aromatic heterocycles. The monoisotopic (exact) mass is 354 g/mol. The second kappa shape index (κ2) is 7.57. The Morgan fingerprint density at radius 1 is 1.16 bits per heavy atom. The van der Waals surface area contributed by atoms with Gasteiger partial charge in [0.2, 0.25) is 0 Å². The minimum atomic E-state index is -0.544. The Morgan fingerprint density at radius 2 is 1.88 bits per heavy atom. The Balaban J connectivity index is 1.72. The normalized spacial score (nSPS) is 10.9. The van der Waals surface area contributed by atoms with Gasteiger partial charge in [-0.05, 0) is 30.0 Å². The summed E-state index contributed by atoms with van der Waals surface area (Å²) in [4.78, 5) is 16.6.